The number of hydrogen-bond acceptors (Lipinski definition) is 4. The molecule has 36 heavy (non-hydrogen) atoms. The maximum Gasteiger partial charge on any atom is 0.410 e. The highest BCUT2D eigenvalue weighted by Gasteiger charge is 2.32. The predicted octanol–water partition coefficient (Wildman–Crippen LogP) is 6.33. The van der Waals surface area contributed by atoms with Gasteiger partial charge in [0.05, 0.1) is 6.04 Å². The quantitative estimate of drug-likeness (QED) is 0.509. The van der Waals surface area contributed by atoms with E-state index >= 15 is 0 Å². The number of likely N-dealkylation sites (tertiary alicyclic amines) is 1. The molecule has 2 aromatic carbocycles. The lowest BCUT2D eigenvalue weighted by atomic mass is 9.87. The number of hydrogen-bond donors (Lipinski definition) is 1. The molecule has 0 bridgehead atoms. The van der Waals surface area contributed by atoms with Gasteiger partial charge in [0.2, 0.25) is 0 Å². The minimum absolute atomic E-state index is 0.000206. The lowest BCUT2D eigenvalue weighted by Crippen LogP contribution is -2.41. The largest absolute Gasteiger partial charge is 0.444 e. The minimum atomic E-state index is -0.801. The van der Waals surface area contributed by atoms with Crippen molar-refractivity contribution in [2.75, 3.05) is 19.6 Å². The van der Waals surface area contributed by atoms with Crippen LogP contribution in [0.1, 0.15) is 104 Å². The Morgan fingerprint density at radius 1 is 1.06 bits per heavy atom. The number of nitrogens with zero attached hydrogens (tertiary/aromatic N) is 2. The van der Waals surface area contributed by atoms with Crippen LogP contribution in [-0.2, 0) is 4.74 Å². The zero-order valence-corrected chi connectivity index (χ0v) is 22.9. The number of carbonyl (C=O) groups excluding carboxylic acids is 2. The normalized spacial score (nSPS) is 17.0. The highest BCUT2D eigenvalue weighted by molar-refractivity contribution is 5.94. The van der Waals surface area contributed by atoms with E-state index in [1.54, 1.807) is 17.0 Å². The lowest BCUT2D eigenvalue weighted by Gasteiger charge is -2.37. The van der Waals surface area contributed by atoms with E-state index in [-0.39, 0.29) is 18.0 Å². The van der Waals surface area contributed by atoms with Gasteiger partial charge in [-0.3, -0.25) is 4.79 Å². The summed E-state index contributed by atoms with van der Waals surface area (Å²) in [5.74, 6) is -0.000206. The first-order chi connectivity index (χ1) is 17.0. The van der Waals surface area contributed by atoms with E-state index < -0.39 is 11.7 Å². The van der Waals surface area contributed by atoms with Gasteiger partial charge in [-0.2, -0.15) is 0 Å². The van der Waals surface area contributed by atoms with Crippen LogP contribution in [0.25, 0.3) is 0 Å². The van der Waals surface area contributed by atoms with Crippen molar-refractivity contribution in [1.82, 2.24) is 9.80 Å². The first kappa shape index (κ1) is 27.7. The molecule has 2 atom stereocenters. The third-order valence-electron chi connectivity index (χ3n) is 6.93. The molecule has 2 amide bonds. The van der Waals surface area contributed by atoms with Gasteiger partial charge in [-0.1, -0.05) is 24.3 Å². The molecule has 0 radical (unpaired) electrons. The van der Waals surface area contributed by atoms with Crippen LogP contribution in [0.5, 0.6) is 0 Å². The van der Waals surface area contributed by atoms with Crippen molar-refractivity contribution >= 4 is 12.0 Å². The molecule has 6 heteroatoms. The van der Waals surface area contributed by atoms with E-state index in [1.807, 2.05) is 65.5 Å². The molecule has 0 spiro atoms. The van der Waals surface area contributed by atoms with Gasteiger partial charge in [0.15, 0.2) is 0 Å². The summed E-state index contributed by atoms with van der Waals surface area (Å²) in [4.78, 5) is 29.2. The molecule has 1 heterocycles. The summed E-state index contributed by atoms with van der Waals surface area (Å²) in [7, 11) is 0. The highest BCUT2D eigenvalue weighted by Crippen LogP contribution is 2.36. The molecule has 2 unspecified atom stereocenters. The summed E-state index contributed by atoms with van der Waals surface area (Å²) >= 11 is 0. The first-order valence-electron chi connectivity index (χ1n) is 13.1. The highest BCUT2D eigenvalue weighted by atomic mass is 16.6. The standard InChI is InChI=1S/C30H42N2O4/c1-8-31(9-2)28(34)23-15-13-22(14-16-23)27(33)26-20(3)18-24(19-21(26)4)25-12-10-11-17-32(25)29(35)36-30(5,6)7/h13-16,18-19,25,27,33H,8-12,17H2,1-7H3. The molecule has 1 aliphatic heterocycles. The third kappa shape index (κ3) is 6.28. The van der Waals surface area contributed by atoms with E-state index in [0.717, 1.165) is 47.1 Å². The number of carbonyl (C=O) groups is 2. The molecule has 1 N–H and O–H groups in total. The number of rotatable bonds is 6. The monoisotopic (exact) mass is 494 g/mol. The average Bonchev–Trinajstić information content (AvgIpc) is 2.83. The van der Waals surface area contributed by atoms with Crippen molar-refractivity contribution in [3.8, 4) is 0 Å². The van der Waals surface area contributed by atoms with Crippen molar-refractivity contribution in [3.63, 3.8) is 0 Å². The molecular formula is C30H42N2O4. The molecule has 1 fully saturated rings. The fraction of sp³-hybridized carbons (Fsp3) is 0.533. The van der Waals surface area contributed by atoms with E-state index in [9.17, 15) is 14.7 Å². The summed E-state index contributed by atoms with van der Waals surface area (Å²) in [6, 6.07) is 11.4. The summed E-state index contributed by atoms with van der Waals surface area (Å²) in [6.07, 6.45) is 1.85. The van der Waals surface area contributed by atoms with Crippen molar-refractivity contribution in [1.29, 1.82) is 0 Å². The fourth-order valence-corrected chi connectivity index (χ4v) is 5.12. The number of aliphatic hydroxyl groups excluding tert-OH is 1. The minimum Gasteiger partial charge on any atom is -0.444 e. The van der Waals surface area contributed by atoms with Crippen molar-refractivity contribution < 1.29 is 19.4 Å². The van der Waals surface area contributed by atoms with Gasteiger partial charge in [0.1, 0.15) is 11.7 Å². The number of benzene rings is 2. The molecule has 0 aliphatic carbocycles. The fourth-order valence-electron chi connectivity index (χ4n) is 5.12. The molecule has 0 saturated carbocycles. The molecule has 3 rings (SSSR count). The Balaban J connectivity index is 1.85. The van der Waals surface area contributed by atoms with Gasteiger partial charge in [-0.15, -0.1) is 0 Å². The summed E-state index contributed by atoms with van der Waals surface area (Å²) < 4.78 is 5.68. The second kappa shape index (κ2) is 11.5. The Kier molecular flexibility index (Phi) is 8.83. The second-order valence-electron chi connectivity index (χ2n) is 10.8. The van der Waals surface area contributed by atoms with Gasteiger partial charge in [0.25, 0.3) is 5.91 Å². The topological polar surface area (TPSA) is 70.1 Å². The van der Waals surface area contributed by atoms with Crippen LogP contribution in [0.15, 0.2) is 36.4 Å². The Bertz CT molecular complexity index is 1040. The van der Waals surface area contributed by atoms with Gasteiger partial charge in [0, 0.05) is 25.2 Å². The van der Waals surface area contributed by atoms with Crippen LogP contribution < -0.4 is 0 Å². The van der Waals surface area contributed by atoms with E-state index in [0.29, 0.717) is 25.2 Å². The Morgan fingerprint density at radius 3 is 2.17 bits per heavy atom. The average molecular weight is 495 g/mol. The van der Waals surface area contributed by atoms with Gasteiger partial charge < -0.3 is 19.6 Å². The summed E-state index contributed by atoms with van der Waals surface area (Å²) in [5.41, 5.74) is 4.74. The van der Waals surface area contributed by atoms with Crippen molar-refractivity contribution in [2.24, 2.45) is 0 Å². The van der Waals surface area contributed by atoms with Crippen LogP contribution in [-0.4, -0.2) is 52.1 Å². The maximum atomic E-state index is 12.9. The molecule has 1 saturated heterocycles. The molecule has 1 aliphatic rings. The number of aryl methyl sites for hydroxylation is 2. The zero-order valence-electron chi connectivity index (χ0n) is 22.9. The molecule has 0 aromatic heterocycles. The number of aliphatic hydroxyl groups is 1. The van der Waals surface area contributed by atoms with Crippen LogP contribution in [0.3, 0.4) is 0 Å². The van der Waals surface area contributed by atoms with E-state index in [2.05, 4.69) is 12.1 Å². The number of piperidine rings is 1. The van der Waals surface area contributed by atoms with Gasteiger partial charge in [-0.25, -0.2) is 4.79 Å². The predicted molar refractivity (Wildman–Crippen MR) is 143 cm³/mol. The van der Waals surface area contributed by atoms with Crippen LogP contribution >= 0.6 is 0 Å². The van der Waals surface area contributed by atoms with E-state index in [4.69, 9.17) is 4.74 Å². The zero-order chi connectivity index (χ0) is 26.6. The Morgan fingerprint density at radius 2 is 1.64 bits per heavy atom. The Labute approximate surface area is 216 Å². The van der Waals surface area contributed by atoms with Crippen LogP contribution in [0, 0.1) is 13.8 Å². The maximum absolute atomic E-state index is 12.9. The van der Waals surface area contributed by atoms with Crippen molar-refractivity contribution in [2.45, 2.75) is 85.5 Å². The second-order valence-corrected chi connectivity index (χ2v) is 10.8. The summed E-state index contributed by atoms with van der Waals surface area (Å²) in [5, 5.41) is 11.3. The molecule has 2 aromatic rings. The third-order valence-corrected chi connectivity index (χ3v) is 6.93. The Hall–Kier alpha value is -2.86. The van der Waals surface area contributed by atoms with Crippen molar-refractivity contribution in [3.05, 3.63) is 69.8 Å². The van der Waals surface area contributed by atoms with Gasteiger partial charge >= 0.3 is 6.09 Å². The molecule has 196 valence electrons. The smallest absolute Gasteiger partial charge is 0.410 e. The summed E-state index contributed by atoms with van der Waals surface area (Å²) in [6.45, 7) is 15.6. The first-order valence-corrected chi connectivity index (χ1v) is 13.1. The number of amides is 2. The SMILES string of the molecule is CCN(CC)C(=O)c1ccc(C(O)c2c(C)cc(C3CCCCN3C(=O)OC(C)(C)C)cc2C)cc1. The molecular weight excluding hydrogens is 452 g/mol. The molecule has 6 nitrogen and oxygen atoms in total. The van der Waals surface area contributed by atoms with Crippen LogP contribution in [0.4, 0.5) is 4.79 Å². The van der Waals surface area contributed by atoms with Crippen LogP contribution in [0.2, 0.25) is 0 Å². The number of ether oxygens (including phenoxy) is 1. The lowest BCUT2D eigenvalue weighted by molar-refractivity contribution is 0.00947. The van der Waals surface area contributed by atoms with Gasteiger partial charge in [-0.05, 0) is 108 Å². The van der Waals surface area contributed by atoms with E-state index in [1.165, 1.54) is 0 Å².